The van der Waals surface area contributed by atoms with Gasteiger partial charge in [0.15, 0.2) is 0 Å². The van der Waals surface area contributed by atoms with Crippen LogP contribution in [0, 0.1) is 5.92 Å². The SMILES string of the molecule is CC(C)CCCCCCCc1[nH]cc[n+]1C. The standard InChI is InChI=1S/C14H26N2/c1-13(2)9-7-5-4-6-8-10-14-15-11-12-16(14)3/h11-13H,4-10H2,1-3H3/p+1. The molecule has 0 aliphatic rings. The highest BCUT2D eigenvalue weighted by Crippen LogP contribution is 2.11. The minimum Gasteiger partial charge on any atom is -0.248 e. The number of nitrogens with one attached hydrogen (secondary N) is 1. The molecular weight excluding hydrogens is 196 g/mol. The molecule has 1 aromatic heterocycles. The van der Waals surface area contributed by atoms with Gasteiger partial charge < -0.3 is 0 Å². The van der Waals surface area contributed by atoms with Gasteiger partial charge in [-0.1, -0.05) is 46.0 Å². The first-order chi connectivity index (χ1) is 7.70. The molecule has 2 nitrogen and oxygen atoms in total. The van der Waals surface area contributed by atoms with Gasteiger partial charge in [-0.25, -0.2) is 9.55 Å². The normalized spacial score (nSPS) is 11.2. The van der Waals surface area contributed by atoms with Crippen LogP contribution in [0.3, 0.4) is 0 Å². The molecule has 0 aliphatic heterocycles. The summed E-state index contributed by atoms with van der Waals surface area (Å²) in [6, 6.07) is 0. The van der Waals surface area contributed by atoms with E-state index in [1.54, 1.807) is 0 Å². The molecule has 0 aliphatic carbocycles. The van der Waals surface area contributed by atoms with E-state index in [2.05, 4.69) is 36.6 Å². The predicted molar refractivity (Wildman–Crippen MR) is 68.2 cm³/mol. The lowest BCUT2D eigenvalue weighted by atomic mass is 10.0. The minimum atomic E-state index is 0.873. The van der Waals surface area contributed by atoms with Crippen molar-refractivity contribution in [3.05, 3.63) is 18.2 Å². The lowest BCUT2D eigenvalue weighted by Crippen LogP contribution is -2.30. The van der Waals surface area contributed by atoms with Crippen molar-refractivity contribution < 1.29 is 4.57 Å². The van der Waals surface area contributed by atoms with E-state index in [1.807, 2.05) is 6.20 Å². The maximum Gasteiger partial charge on any atom is 0.253 e. The number of hydrogen-bond acceptors (Lipinski definition) is 0. The molecule has 0 atom stereocenters. The monoisotopic (exact) mass is 223 g/mol. The summed E-state index contributed by atoms with van der Waals surface area (Å²) >= 11 is 0. The Hall–Kier alpha value is -0.790. The number of aromatic nitrogens is 2. The van der Waals surface area contributed by atoms with Gasteiger partial charge in [-0.15, -0.1) is 0 Å². The highest BCUT2D eigenvalue weighted by Gasteiger charge is 2.04. The molecule has 1 N–H and O–H groups in total. The first-order valence-corrected chi connectivity index (χ1v) is 6.72. The van der Waals surface area contributed by atoms with Gasteiger partial charge in [-0.3, -0.25) is 0 Å². The van der Waals surface area contributed by atoms with E-state index >= 15 is 0 Å². The van der Waals surface area contributed by atoms with Crippen LogP contribution >= 0.6 is 0 Å². The van der Waals surface area contributed by atoms with Gasteiger partial charge in [0.05, 0.1) is 7.05 Å². The molecule has 0 saturated carbocycles. The second kappa shape index (κ2) is 7.48. The number of imidazole rings is 1. The topological polar surface area (TPSA) is 19.7 Å². The zero-order valence-electron chi connectivity index (χ0n) is 11.1. The van der Waals surface area contributed by atoms with Gasteiger partial charge in [0.25, 0.3) is 5.82 Å². The summed E-state index contributed by atoms with van der Waals surface area (Å²) in [4.78, 5) is 3.29. The van der Waals surface area contributed by atoms with Crippen molar-refractivity contribution in [2.24, 2.45) is 13.0 Å². The van der Waals surface area contributed by atoms with Crippen molar-refractivity contribution in [2.75, 3.05) is 0 Å². The summed E-state index contributed by atoms with van der Waals surface area (Å²) in [5.41, 5.74) is 0. The summed E-state index contributed by atoms with van der Waals surface area (Å²) in [6.45, 7) is 4.62. The summed E-state index contributed by atoms with van der Waals surface area (Å²) < 4.78 is 2.18. The number of nitrogens with zero attached hydrogens (tertiary/aromatic N) is 1. The van der Waals surface area contributed by atoms with Crippen LogP contribution in [0.4, 0.5) is 0 Å². The van der Waals surface area contributed by atoms with Gasteiger partial charge in [0.2, 0.25) is 0 Å². The second-order valence-corrected chi connectivity index (χ2v) is 5.22. The molecule has 0 saturated heterocycles. The zero-order valence-corrected chi connectivity index (χ0v) is 11.1. The molecule has 1 heterocycles. The average molecular weight is 223 g/mol. The fourth-order valence-electron chi connectivity index (χ4n) is 2.06. The molecule has 1 rings (SSSR count). The molecule has 0 bridgehead atoms. The van der Waals surface area contributed by atoms with E-state index in [9.17, 15) is 0 Å². The zero-order chi connectivity index (χ0) is 11.8. The quantitative estimate of drug-likeness (QED) is 0.515. The summed E-state index contributed by atoms with van der Waals surface area (Å²) in [5, 5.41) is 0. The molecular formula is C14H27N2+. The van der Waals surface area contributed by atoms with Gasteiger partial charge in [-0.2, -0.15) is 0 Å². The number of unbranched alkanes of at least 4 members (excludes halogenated alkanes) is 4. The van der Waals surface area contributed by atoms with Crippen LogP contribution in [0.15, 0.2) is 12.4 Å². The molecule has 0 radical (unpaired) electrons. The van der Waals surface area contributed by atoms with Crippen molar-refractivity contribution in [3.8, 4) is 0 Å². The number of aromatic amines is 1. The summed E-state index contributed by atoms with van der Waals surface area (Å²) in [7, 11) is 2.11. The van der Waals surface area contributed by atoms with Crippen LogP contribution in [0.1, 0.15) is 58.2 Å². The Bertz CT molecular complexity index is 276. The van der Waals surface area contributed by atoms with E-state index in [0.29, 0.717) is 0 Å². The van der Waals surface area contributed by atoms with Crippen molar-refractivity contribution in [2.45, 2.75) is 58.8 Å². The van der Waals surface area contributed by atoms with Crippen LogP contribution in [0.2, 0.25) is 0 Å². The number of rotatable bonds is 8. The Kier molecular flexibility index (Phi) is 6.20. The van der Waals surface area contributed by atoms with Crippen molar-refractivity contribution in [1.29, 1.82) is 0 Å². The Morgan fingerprint density at radius 1 is 1.12 bits per heavy atom. The maximum atomic E-state index is 3.29. The minimum absolute atomic E-state index is 0.873. The lowest BCUT2D eigenvalue weighted by molar-refractivity contribution is -0.677. The number of H-pyrrole nitrogens is 1. The van der Waals surface area contributed by atoms with E-state index in [4.69, 9.17) is 0 Å². The van der Waals surface area contributed by atoms with Crippen LogP contribution in [0.5, 0.6) is 0 Å². The molecule has 0 fully saturated rings. The Labute approximate surface area is 100 Å². The second-order valence-electron chi connectivity index (χ2n) is 5.22. The Morgan fingerprint density at radius 2 is 1.81 bits per heavy atom. The van der Waals surface area contributed by atoms with Crippen LogP contribution < -0.4 is 4.57 Å². The molecule has 1 aromatic rings. The number of aryl methyl sites for hydroxylation is 2. The van der Waals surface area contributed by atoms with Crippen molar-refractivity contribution >= 4 is 0 Å². The van der Waals surface area contributed by atoms with Gasteiger partial charge in [0.1, 0.15) is 12.4 Å². The van der Waals surface area contributed by atoms with Crippen LogP contribution in [-0.4, -0.2) is 4.98 Å². The maximum absolute atomic E-state index is 3.29. The highest BCUT2D eigenvalue weighted by atomic mass is 15.0. The first-order valence-electron chi connectivity index (χ1n) is 6.72. The van der Waals surface area contributed by atoms with Gasteiger partial charge in [0, 0.05) is 6.42 Å². The Balaban J connectivity index is 1.94. The van der Waals surface area contributed by atoms with E-state index in [-0.39, 0.29) is 0 Å². The average Bonchev–Trinajstić information content (AvgIpc) is 2.62. The third kappa shape index (κ3) is 5.34. The Morgan fingerprint density at radius 3 is 2.44 bits per heavy atom. The van der Waals surface area contributed by atoms with Crippen molar-refractivity contribution in [1.82, 2.24) is 4.98 Å². The molecule has 0 aromatic carbocycles. The molecule has 0 unspecified atom stereocenters. The third-order valence-electron chi connectivity index (χ3n) is 3.17. The van der Waals surface area contributed by atoms with Crippen molar-refractivity contribution in [3.63, 3.8) is 0 Å². The van der Waals surface area contributed by atoms with E-state index in [1.165, 1.54) is 50.8 Å². The van der Waals surface area contributed by atoms with E-state index < -0.39 is 0 Å². The van der Waals surface area contributed by atoms with Crippen LogP contribution in [-0.2, 0) is 13.5 Å². The first kappa shape index (κ1) is 13.3. The third-order valence-corrected chi connectivity index (χ3v) is 3.17. The molecule has 92 valence electrons. The smallest absolute Gasteiger partial charge is 0.248 e. The van der Waals surface area contributed by atoms with Gasteiger partial charge in [-0.05, 0) is 12.3 Å². The molecule has 16 heavy (non-hydrogen) atoms. The fraction of sp³-hybridized carbons (Fsp3) is 0.786. The summed E-state index contributed by atoms with van der Waals surface area (Å²) in [5.74, 6) is 2.22. The largest absolute Gasteiger partial charge is 0.253 e. The predicted octanol–water partition coefficient (Wildman–Crippen LogP) is 3.38. The van der Waals surface area contributed by atoms with Crippen LogP contribution in [0.25, 0.3) is 0 Å². The fourth-order valence-corrected chi connectivity index (χ4v) is 2.06. The number of hydrogen-bond donors (Lipinski definition) is 1. The molecule has 2 heteroatoms. The van der Waals surface area contributed by atoms with Gasteiger partial charge >= 0.3 is 0 Å². The summed E-state index contributed by atoms with van der Waals surface area (Å²) in [6.07, 6.45) is 13.6. The molecule has 0 spiro atoms. The highest BCUT2D eigenvalue weighted by molar-refractivity contribution is 4.76. The van der Waals surface area contributed by atoms with E-state index in [0.717, 1.165) is 5.92 Å². The molecule has 0 amide bonds. The lowest BCUT2D eigenvalue weighted by Gasteiger charge is -2.03.